The van der Waals surface area contributed by atoms with Crippen LogP contribution in [0.5, 0.6) is 0 Å². The van der Waals surface area contributed by atoms with Gasteiger partial charge in [0.15, 0.2) is 0 Å². The molecule has 0 saturated carbocycles. The van der Waals surface area contributed by atoms with Crippen molar-refractivity contribution in [3.05, 3.63) is 11.6 Å². The Morgan fingerprint density at radius 3 is 2.38 bits per heavy atom. The smallest absolute Gasteiger partial charge is 0.384 e. The molecule has 1 aliphatic rings. The van der Waals surface area contributed by atoms with E-state index in [0.29, 0.717) is 0 Å². The zero-order valence-electron chi connectivity index (χ0n) is 7.39. The fraction of sp³-hybridized carbons (Fsp3) is 0.625. The number of rotatable bonds is 0. The first-order valence-corrected chi connectivity index (χ1v) is 3.90. The van der Waals surface area contributed by atoms with E-state index in [1.54, 1.807) is 0 Å². The molecular weight excluding hydrogens is 181 g/mol. The van der Waals surface area contributed by atoms with E-state index in [4.69, 9.17) is 5.73 Å². The number of nitrogens with two attached hydrogens (primary N) is 1. The zero-order chi connectivity index (χ0) is 10.2. The minimum atomic E-state index is -4.23. The summed E-state index contributed by atoms with van der Waals surface area (Å²) in [7, 11) is 0. The van der Waals surface area contributed by atoms with E-state index in [2.05, 4.69) is 4.99 Å². The van der Waals surface area contributed by atoms with Gasteiger partial charge in [-0.05, 0) is 19.9 Å². The molecule has 1 aliphatic heterocycles. The van der Waals surface area contributed by atoms with Crippen molar-refractivity contribution in [2.24, 2.45) is 16.6 Å². The Morgan fingerprint density at radius 1 is 1.46 bits per heavy atom. The largest absolute Gasteiger partial charge is 0.397 e. The van der Waals surface area contributed by atoms with Crippen molar-refractivity contribution in [1.29, 1.82) is 0 Å². The predicted octanol–water partition coefficient (Wildman–Crippen LogP) is 1.87. The lowest BCUT2D eigenvalue weighted by Gasteiger charge is -2.27. The van der Waals surface area contributed by atoms with Crippen LogP contribution in [0.15, 0.2) is 16.6 Å². The SMILES string of the molecule is CC1=CC(N)=NC(C)C1C(F)(F)F. The van der Waals surface area contributed by atoms with Crippen LogP contribution in [0.4, 0.5) is 13.2 Å². The fourth-order valence-electron chi connectivity index (χ4n) is 1.58. The number of hydrogen-bond donors (Lipinski definition) is 1. The molecule has 0 aromatic carbocycles. The second-order valence-corrected chi connectivity index (χ2v) is 3.20. The predicted molar refractivity (Wildman–Crippen MR) is 44.4 cm³/mol. The summed E-state index contributed by atoms with van der Waals surface area (Å²) in [6, 6.07) is -0.815. The van der Waals surface area contributed by atoms with Gasteiger partial charge in [0.05, 0.1) is 12.0 Å². The van der Waals surface area contributed by atoms with Gasteiger partial charge in [-0.25, -0.2) is 0 Å². The Bertz CT molecular complexity index is 265. The van der Waals surface area contributed by atoms with Crippen LogP contribution in [0.3, 0.4) is 0 Å². The molecule has 2 N–H and O–H groups in total. The number of alkyl halides is 3. The maximum absolute atomic E-state index is 12.4. The first-order valence-electron chi connectivity index (χ1n) is 3.90. The Labute approximate surface area is 74.3 Å². The molecule has 0 bridgehead atoms. The molecule has 0 aromatic rings. The second-order valence-electron chi connectivity index (χ2n) is 3.20. The lowest BCUT2D eigenvalue weighted by molar-refractivity contribution is -0.167. The molecule has 0 aromatic heterocycles. The van der Waals surface area contributed by atoms with Gasteiger partial charge in [-0.2, -0.15) is 13.2 Å². The van der Waals surface area contributed by atoms with Crippen molar-refractivity contribution in [1.82, 2.24) is 0 Å². The van der Waals surface area contributed by atoms with Gasteiger partial charge in [-0.15, -0.1) is 0 Å². The van der Waals surface area contributed by atoms with Crippen molar-refractivity contribution < 1.29 is 13.2 Å². The molecule has 74 valence electrons. The summed E-state index contributed by atoms with van der Waals surface area (Å²) in [5.41, 5.74) is 5.56. The molecule has 1 heterocycles. The van der Waals surface area contributed by atoms with Gasteiger partial charge in [0, 0.05) is 0 Å². The molecular formula is C8H11F3N2. The summed E-state index contributed by atoms with van der Waals surface area (Å²) in [4.78, 5) is 3.68. The quantitative estimate of drug-likeness (QED) is 0.625. The molecule has 0 saturated heterocycles. The third kappa shape index (κ3) is 2.02. The Balaban J connectivity index is 2.97. The molecule has 0 radical (unpaired) electrons. The fourth-order valence-corrected chi connectivity index (χ4v) is 1.58. The van der Waals surface area contributed by atoms with Gasteiger partial charge in [0.25, 0.3) is 0 Å². The summed E-state index contributed by atoms with van der Waals surface area (Å²) in [6.07, 6.45) is -2.96. The zero-order valence-corrected chi connectivity index (χ0v) is 7.39. The van der Waals surface area contributed by atoms with E-state index in [9.17, 15) is 13.2 Å². The van der Waals surface area contributed by atoms with E-state index in [0.717, 1.165) is 0 Å². The van der Waals surface area contributed by atoms with Crippen molar-refractivity contribution in [3.8, 4) is 0 Å². The van der Waals surface area contributed by atoms with Crippen molar-refractivity contribution in [2.45, 2.75) is 26.1 Å². The monoisotopic (exact) mass is 192 g/mol. The van der Waals surface area contributed by atoms with Crippen LogP contribution in [-0.4, -0.2) is 18.1 Å². The minimum Gasteiger partial charge on any atom is -0.384 e. The first kappa shape index (κ1) is 10.1. The van der Waals surface area contributed by atoms with Gasteiger partial charge in [-0.3, -0.25) is 4.99 Å². The third-order valence-corrected chi connectivity index (χ3v) is 2.05. The van der Waals surface area contributed by atoms with Crippen LogP contribution in [0.2, 0.25) is 0 Å². The van der Waals surface area contributed by atoms with Crippen LogP contribution in [-0.2, 0) is 0 Å². The maximum Gasteiger partial charge on any atom is 0.397 e. The highest BCUT2D eigenvalue weighted by atomic mass is 19.4. The topological polar surface area (TPSA) is 38.4 Å². The average molecular weight is 192 g/mol. The average Bonchev–Trinajstić information content (AvgIpc) is 1.78. The standard InChI is InChI=1S/C8H11F3N2/c1-4-3-6(12)13-5(2)7(4)8(9,10)11/h3,5,7H,1-2H3,(H2,12,13). The van der Waals surface area contributed by atoms with Crippen LogP contribution in [0, 0.1) is 5.92 Å². The molecule has 2 unspecified atom stereocenters. The Hall–Kier alpha value is -1.00. The van der Waals surface area contributed by atoms with Crippen molar-refractivity contribution >= 4 is 5.84 Å². The van der Waals surface area contributed by atoms with Crippen LogP contribution in [0.1, 0.15) is 13.8 Å². The van der Waals surface area contributed by atoms with E-state index in [-0.39, 0.29) is 11.4 Å². The van der Waals surface area contributed by atoms with Crippen LogP contribution in [0.25, 0.3) is 0 Å². The van der Waals surface area contributed by atoms with E-state index in [1.807, 2.05) is 0 Å². The lowest BCUT2D eigenvalue weighted by atomic mass is 9.90. The van der Waals surface area contributed by atoms with Crippen LogP contribution < -0.4 is 5.73 Å². The van der Waals surface area contributed by atoms with Crippen molar-refractivity contribution in [3.63, 3.8) is 0 Å². The highest BCUT2D eigenvalue weighted by Gasteiger charge is 2.45. The molecule has 0 spiro atoms. The van der Waals surface area contributed by atoms with E-state index < -0.39 is 18.1 Å². The molecule has 0 fully saturated rings. The summed E-state index contributed by atoms with van der Waals surface area (Å²) in [5.74, 6) is -1.31. The van der Waals surface area contributed by atoms with Crippen molar-refractivity contribution in [2.75, 3.05) is 0 Å². The van der Waals surface area contributed by atoms with Gasteiger partial charge in [0.1, 0.15) is 5.84 Å². The normalized spacial score (nSPS) is 29.6. The highest BCUT2D eigenvalue weighted by molar-refractivity contribution is 5.93. The van der Waals surface area contributed by atoms with E-state index in [1.165, 1.54) is 19.9 Å². The summed E-state index contributed by atoms with van der Waals surface area (Å²) >= 11 is 0. The van der Waals surface area contributed by atoms with Gasteiger partial charge >= 0.3 is 6.18 Å². The number of hydrogen-bond acceptors (Lipinski definition) is 2. The number of halogens is 3. The van der Waals surface area contributed by atoms with E-state index >= 15 is 0 Å². The molecule has 13 heavy (non-hydrogen) atoms. The highest BCUT2D eigenvalue weighted by Crippen LogP contribution is 2.36. The Morgan fingerprint density at radius 2 is 2.00 bits per heavy atom. The molecule has 0 amide bonds. The van der Waals surface area contributed by atoms with Crippen LogP contribution >= 0.6 is 0 Å². The maximum atomic E-state index is 12.4. The van der Waals surface area contributed by atoms with Gasteiger partial charge < -0.3 is 5.73 Å². The number of aliphatic imine (C=N–C) groups is 1. The van der Waals surface area contributed by atoms with Gasteiger partial charge in [-0.1, -0.05) is 5.57 Å². The second kappa shape index (κ2) is 3.05. The number of dihydropyridines is 1. The summed E-state index contributed by atoms with van der Waals surface area (Å²) < 4.78 is 37.3. The third-order valence-electron chi connectivity index (χ3n) is 2.05. The molecule has 2 nitrogen and oxygen atoms in total. The molecule has 5 heteroatoms. The van der Waals surface area contributed by atoms with Gasteiger partial charge in [0.2, 0.25) is 0 Å². The Kier molecular flexibility index (Phi) is 2.36. The summed E-state index contributed by atoms with van der Waals surface area (Å²) in [6.45, 7) is 2.84. The minimum absolute atomic E-state index is 0.172. The number of amidine groups is 1. The summed E-state index contributed by atoms with van der Waals surface area (Å²) in [5, 5.41) is 0. The molecule has 0 aliphatic carbocycles. The molecule has 2 atom stereocenters. The molecule has 1 rings (SSSR count). The first-order chi connectivity index (χ1) is 5.82. The lowest BCUT2D eigenvalue weighted by Crippen LogP contribution is -2.36. The number of nitrogens with zero attached hydrogens (tertiary/aromatic N) is 1.